The van der Waals surface area contributed by atoms with Crippen molar-refractivity contribution in [2.24, 2.45) is 0 Å². The second-order valence-electron chi connectivity index (χ2n) is 4.38. The SMILES string of the molecule is CCC(CSC)N(C)Cc1cc(CNC)co1. The molecule has 17 heavy (non-hydrogen) atoms. The number of nitrogens with zero attached hydrogens (tertiary/aromatic N) is 1. The molecule has 1 N–H and O–H groups in total. The molecule has 0 aliphatic carbocycles. The summed E-state index contributed by atoms with van der Waals surface area (Å²) in [6.07, 6.45) is 5.19. The van der Waals surface area contributed by atoms with Crippen LogP contribution in [0.2, 0.25) is 0 Å². The van der Waals surface area contributed by atoms with Gasteiger partial charge in [0.1, 0.15) is 5.76 Å². The Kier molecular flexibility index (Phi) is 6.70. The number of thioether (sulfide) groups is 1. The first-order valence-corrected chi connectivity index (χ1v) is 7.50. The van der Waals surface area contributed by atoms with Gasteiger partial charge in [0.2, 0.25) is 0 Å². The zero-order valence-corrected chi connectivity index (χ0v) is 12.1. The Balaban J connectivity index is 2.50. The van der Waals surface area contributed by atoms with Gasteiger partial charge >= 0.3 is 0 Å². The molecule has 1 heterocycles. The highest BCUT2D eigenvalue weighted by molar-refractivity contribution is 7.98. The van der Waals surface area contributed by atoms with Crippen LogP contribution in [0.25, 0.3) is 0 Å². The highest BCUT2D eigenvalue weighted by atomic mass is 32.2. The van der Waals surface area contributed by atoms with Crippen molar-refractivity contribution in [3.63, 3.8) is 0 Å². The Morgan fingerprint density at radius 2 is 2.29 bits per heavy atom. The predicted molar refractivity (Wildman–Crippen MR) is 75.4 cm³/mol. The average molecular weight is 256 g/mol. The highest BCUT2D eigenvalue weighted by Gasteiger charge is 2.13. The largest absolute Gasteiger partial charge is 0.468 e. The molecular weight excluding hydrogens is 232 g/mol. The van der Waals surface area contributed by atoms with Crippen LogP contribution in [-0.2, 0) is 13.1 Å². The lowest BCUT2D eigenvalue weighted by molar-refractivity contribution is 0.228. The van der Waals surface area contributed by atoms with Gasteiger partial charge in [-0.05, 0) is 32.8 Å². The molecule has 0 amide bonds. The van der Waals surface area contributed by atoms with E-state index in [0.717, 1.165) is 18.8 Å². The smallest absolute Gasteiger partial charge is 0.118 e. The Morgan fingerprint density at radius 3 is 2.88 bits per heavy atom. The van der Waals surface area contributed by atoms with Crippen LogP contribution in [0, 0.1) is 0 Å². The van der Waals surface area contributed by atoms with Gasteiger partial charge in [0.15, 0.2) is 0 Å². The van der Waals surface area contributed by atoms with Crippen molar-refractivity contribution in [1.29, 1.82) is 0 Å². The van der Waals surface area contributed by atoms with Gasteiger partial charge in [-0.2, -0.15) is 11.8 Å². The first kappa shape index (κ1) is 14.6. The maximum absolute atomic E-state index is 5.57. The minimum absolute atomic E-state index is 0.628. The minimum atomic E-state index is 0.628. The van der Waals surface area contributed by atoms with Crippen LogP contribution < -0.4 is 5.32 Å². The summed E-state index contributed by atoms with van der Waals surface area (Å²) in [5.74, 6) is 2.23. The third kappa shape index (κ3) is 4.74. The molecule has 1 aromatic rings. The topological polar surface area (TPSA) is 28.4 Å². The molecule has 0 saturated heterocycles. The molecule has 0 spiro atoms. The number of hydrogen-bond donors (Lipinski definition) is 1. The molecule has 0 aliphatic rings. The van der Waals surface area contributed by atoms with Crippen LogP contribution in [0.3, 0.4) is 0 Å². The van der Waals surface area contributed by atoms with Gasteiger partial charge in [-0.15, -0.1) is 0 Å². The molecule has 4 heteroatoms. The summed E-state index contributed by atoms with van der Waals surface area (Å²) in [6, 6.07) is 2.77. The fourth-order valence-corrected chi connectivity index (χ4v) is 2.80. The van der Waals surface area contributed by atoms with Crippen LogP contribution in [0.4, 0.5) is 0 Å². The normalized spacial score (nSPS) is 13.2. The molecule has 1 unspecified atom stereocenters. The van der Waals surface area contributed by atoms with E-state index in [2.05, 4.69) is 36.5 Å². The molecule has 0 bridgehead atoms. The first-order valence-electron chi connectivity index (χ1n) is 6.11. The van der Waals surface area contributed by atoms with E-state index in [-0.39, 0.29) is 0 Å². The average Bonchev–Trinajstić information content (AvgIpc) is 2.73. The Hall–Kier alpha value is -0.450. The van der Waals surface area contributed by atoms with E-state index in [0.29, 0.717) is 6.04 Å². The van der Waals surface area contributed by atoms with Gasteiger partial charge < -0.3 is 9.73 Å². The van der Waals surface area contributed by atoms with Crippen molar-refractivity contribution in [3.8, 4) is 0 Å². The van der Waals surface area contributed by atoms with Crippen molar-refractivity contribution in [1.82, 2.24) is 10.2 Å². The van der Waals surface area contributed by atoms with E-state index in [9.17, 15) is 0 Å². The van der Waals surface area contributed by atoms with Gasteiger partial charge in [-0.1, -0.05) is 6.92 Å². The van der Waals surface area contributed by atoms with Gasteiger partial charge in [-0.25, -0.2) is 0 Å². The molecule has 98 valence electrons. The predicted octanol–water partition coefficient (Wildman–Crippen LogP) is 2.57. The molecule has 0 radical (unpaired) electrons. The molecule has 0 saturated carbocycles. The van der Waals surface area contributed by atoms with Crippen molar-refractivity contribution in [3.05, 3.63) is 23.7 Å². The molecule has 1 atom stereocenters. The zero-order chi connectivity index (χ0) is 12.7. The molecule has 0 aromatic carbocycles. The van der Waals surface area contributed by atoms with Gasteiger partial charge in [-0.3, -0.25) is 4.90 Å². The molecule has 3 nitrogen and oxygen atoms in total. The van der Waals surface area contributed by atoms with Crippen LogP contribution >= 0.6 is 11.8 Å². The van der Waals surface area contributed by atoms with E-state index in [1.54, 1.807) is 0 Å². The first-order chi connectivity index (χ1) is 8.21. The quantitative estimate of drug-likeness (QED) is 0.774. The van der Waals surface area contributed by atoms with E-state index >= 15 is 0 Å². The van der Waals surface area contributed by atoms with E-state index in [1.807, 2.05) is 25.1 Å². The van der Waals surface area contributed by atoms with Crippen LogP contribution in [0.1, 0.15) is 24.7 Å². The summed E-state index contributed by atoms with van der Waals surface area (Å²) in [5.41, 5.74) is 1.22. The number of hydrogen-bond acceptors (Lipinski definition) is 4. The fourth-order valence-electron chi connectivity index (χ4n) is 1.93. The van der Waals surface area contributed by atoms with Gasteiger partial charge in [0, 0.05) is 23.9 Å². The van der Waals surface area contributed by atoms with E-state index in [1.165, 1.54) is 17.7 Å². The zero-order valence-electron chi connectivity index (χ0n) is 11.3. The van der Waals surface area contributed by atoms with Crippen molar-refractivity contribution in [2.45, 2.75) is 32.5 Å². The second-order valence-corrected chi connectivity index (χ2v) is 5.29. The third-order valence-corrected chi connectivity index (χ3v) is 3.67. The Labute approximate surface area is 109 Å². The highest BCUT2D eigenvalue weighted by Crippen LogP contribution is 2.14. The van der Waals surface area contributed by atoms with Gasteiger partial charge in [0.05, 0.1) is 12.8 Å². The van der Waals surface area contributed by atoms with Crippen molar-refractivity contribution < 1.29 is 4.42 Å². The molecule has 1 aromatic heterocycles. The fraction of sp³-hybridized carbons (Fsp3) is 0.692. The Bertz CT molecular complexity index is 314. The number of nitrogens with one attached hydrogen (secondary N) is 1. The maximum atomic E-state index is 5.57. The van der Waals surface area contributed by atoms with Crippen molar-refractivity contribution >= 4 is 11.8 Å². The van der Waals surface area contributed by atoms with Crippen molar-refractivity contribution in [2.75, 3.05) is 26.1 Å². The van der Waals surface area contributed by atoms with Crippen LogP contribution in [0.5, 0.6) is 0 Å². The monoisotopic (exact) mass is 256 g/mol. The Morgan fingerprint density at radius 1 is 1.53 bits per heavy atom. The molecule has 0 fully saturated rings. The lowest BCUT2D eigenvalue weighted by Gasteiger charge is -2.25. The lowest BCUT2D eigenvalue weighted by Crippen LogP contribution is -2.32. The van der Waals surface area contributed by atoms with E-state index < -0.39 is 0 Å². The maximum Gasteiger partial charge on any atom is 0.118 e. The second kappa shape index (κ2) is 7.80. The van der Waals surface area contributed by atoms with Crippen LogP contribution in [0.15, 0.2) is 16.7 Å². The summed E-state index contributed by atoms with van der Waals surface area (Å²) in [5, 5.41) is 3.13. The number of furan rings is 1. The van der Waals surface area contributed by atoms with Crippen LogP contribution in [-0.4, -0.2) is 37.0 Å². The molecule has 0 aliphatic heterocycles. The summed E-state index contributed by atoms with van der Waals surface area (Å²) in [4.78, 5) is 2.37. The summed E-state index contributed by atoms with van der Waals surface area (Å²) >= 11 is 1.90. The summed E-state index contributed by atoms with van der Waals surface area (Å²) in [6.45, 7) is 4.00. The van der Waals surface area contributed by atoms with E-state index in [4.69, 9.17) is 4.42 Å². The summed E-state index contributed by atoms with van der Waals surface area (Å²) in [7, 11) is 4.12. The minimum Gasteiger partial charge on any atom is -0.468 e. The molecular formula is C13H24N2OS. The standard InChI is InChI=1S/C13H24N2OS/c1-5-12(10-17-4)15(3)8-13-6-11(7-14-2)9-16-13/h6,9,12,14H,5,7-8,10H2,1-4H3. The number of rotatable bonds is 8. The third-order valence-electron chi connectivity index (χ3n) is 2.95. The summed E-state index contributed by atoms with van der Waals surface area (Å²) < 4.78 is 5.57. The lowest BCUT2D eigenvalue weighted by atomic mass is 10.2. The van der Waals surface area contributed by atoms with Gasteiger partial charge in [0.25, 0.3) is 0 Å². The molecule has 1 rings (SSSR count).